The Morgan fingerprint density at radius 3 is 2.86 bits per heavy atom. The number of amides is 1. The Bertz CT molecular complexity index is 667. The standard InChI is InChI=1S/C18H21N3O/c1-4-10-19-15-9-11-20-17(13-15)18(22)21(5-2)16-8-6-7-14(3)12-16/h4,6-9,11-13H,1,5,10H2,2-3H3,(H,19,20). The molecule has 1 heterocycles. The van der Waals surface area contributed by atoms with Crippen LogP contribution in [0.5, 0.6) is 0 Å². The van der Waals surface area contributed by atoms with Crippen LogP contribution in [0.3, 0.4) is 0 Å². The van der Waals surface area contributed by atoms with Crippen LogP contribution in [-0.4, -0.2) is 24.0 Å². The molecule has 1 amide bonds. The third-order valence-electron chi connectivity index (χ3n) is 3.30. The van der Waals surface area contributed by atoms with E-state index in [0.29, 0.717) is 18.8 Å². The monoisotopic (exact) mass is 295 g/mol. The van der Waals surface area contributed by atoms with Crippen LogP contribution in [-0.2, 0) is 0 Å². The first-order valence-corrected chi connectivity index (χ1v) is 7.35. The van der Waals surface area contributed by atoms with Gasteiger partial charge in [-0.3, -0.25) is 9.78 Å². The van der Waals surface area contributed by atoms with Gasteiger partial charge in [0.15, 0.2) is 0 Å². The molecule has 0 aliphatic rings. The lowest BCUT2D eigenvalue weighted by Crippen LogP contribution is -2.31. The molecule has 0 spiro atoms. The number of anilines is 2. The quantitative estimate of drug-likeness (QED) is 0.827. The summed E-state index contributed by atoms with van der Waals surface area (Å²) < 4.78 is 0. The van der Waals surface area contributed by atoms with Crippen molar-refractivity contribution >= 4 is 17.3 Å². The molecule has 0 fully saturated rings. The van der Waals surface area contributed by atoms with E-state index in [1.165, 1.54) is 0 Å². The third kappa shape index (κ3) is 3.73. The van der Waals surface area contributed by atoms with E-state index in [0.717, 1.165) is 16.9 Å². The highest BCUT2D eigenvalue weighted by atomic mass is 16.2. The number of carbonyl (C=O) groups is 1. The second kappa shape index (κ2) is 7.41. The van der Waals surface area contributed by atoms with Crippen molar-refractivity contribution in [3.05, 3.63) is 66.5 Å². The Morgan fingerprint density at radius 1 is 1.36 bits per heavy atom. The minimum absolute atomic E-state index is 0.102. The van der Waals surface area contributed by atoms with Crippen molar-refractivity contribution in [2.45, 2.75) is 13.8 Å². The van der Waals surface area contributed by atoms with E-state index < -0.39 is 0 Å². The molecule has 22 heavy (non-hydrogen) atoms. The fourth-order valence-electron chi connectivity index (χ4n) is 2.23. The fraction of sp³-hybridized carbons (Fsp3) is 0.222. The average Bonchev–Trinajstić information content (AvgIpc) is 2.54. The highest BCUT2D eigenvalue weighted by Gasteiger charge is 2.17. The zero-order chi connectivity index (χ0) is 15.9. The zero-order valence-electron chi connectivity index (χ0n) is 13.0. The zero-order valence-corrected chi connectivity index (χ0v) is 13.0. The topological polar surface area (TPSA) is 45.2 Å². The maximum atomic E-state index is 12.7. The molecule has 0 aliphatic carbocycles. The Kier molecular flexibility index (Phi) is 5.31. The van der Waals surface area contributed by atoms with Crippen LogP contribution < -0.4 is 10.2 Å². The molecule has 0 saturated heterocycles. The smallest absolute Gasteiger partial charge is 0.276 e. The van der Waals surface area contributed by atoms with Crippen LogP contribution in [0.4, 0.5) is 11.4 Å². The summed E-state index contributed by atoms with van der Waals surface area (Å²) in [5.74, 6) is -0.102. The van der Waals surface area contributed by atoms with Gasteiger partial charge in [0, 0.05) is 30.7 Å². The third-order valence-corrected chi connectivity index (χ3v) is 3.30. The van der Waals surface area contributed by atoms with Crippen molar-refractivity contribution in [1.82, 2.24) is 4.98 Å². The highest BCUT2D eigenvalue weighted by Crippen LogP contribution is 2.19. The first kappa shape index (κ1) is 15.8. The number of benzene rings is 1. The summed E-state index contributed by atoms with van der Waals surface area (Å²) in [6, 6.07) is 11.5. The van der Waals surface area contributed by atoms with Gasteiger partial charge in [0.1, 0.15) is 5.69 Å². The van der Waals surface area contributed by atoms with Gasteiger partial charge >= 0.3 is 0 Å². The Labute approximate surface area is 131 Å². The molecule has 4 nitrogen and oxygen atoms in total. The number of rotatable bonds is 6. The molecule has 2 aromatic rings. The van der Waals surface area contributed by atoms with E-state index in [1.54, 1.807) is 23.2 Å². The maximum absolute atomic E-state index is 12.7. The predicted octanol–water partition coefficient (Wildman–Crippen LogP) is 3.65. The molecular formula is C18H21N3O. The minimum atomic E-state index is -0.102. The largest absolute Gasteiger partial charge is 0.381 e. The maximum Gasteiger partial charge on any atom is 0.276 e. The number of pyridine rings is 1. The van der Waals surface area contributed by atoms with Gasteiger partial charge in [0.2, 0.25) is 0 Å². The SMILES string of the molecule is C=CCNc1ccnc(C(=O)N(CC)c2cccc(C)c2)c1. The number of nitrogens with one attached hydrogen (secondary N) is 1. The number of aryl methyl sites for hydroxylation is 1. The van der Waals surface area contributed by atoms with Crippen LogP contribution in [0, 0.1) is 6.92 Å². The fourth-order valence-corrected chi connectivity index (χ4v) is 2.23. The van der Waals surface area contributed by atoms with E-state index in [9.17, 15) is 4.79 Å². The van der Waals surface area contributed by atoms with E-state index in [1.807, 2.05) is 44.2 Å². The van der Waals surface area contributed by atoms with Crippen LogP contribution in [0.1, 0.15) is 23.0 Å². The van der Waals surface area contributed by atoms with Gasteiger partial charge < -0.3 is 10.2 Å². The van der Waals surface area contributed by atoms with Gasteiger partial charge in [-0.1, -0.05) is 18.2 Å². The Morgan fingerprint density at radius 2 is 2.18 bits per heavy atom. The van der Waals surface area contributed by atoms with Gasteiger partial charge in [-0.2, -0.15) is 0 Å². The summed E-state index contributed by atoms with van der Waals surface area (Å²) in [6.45, 7) is 8.88. The van der Waals surface area contributed by atoms with E-state index >= 15 is 0 Å². The van der Waals surface area contributed by atoms with Crippen molar-refractivity contribution in [2.24, 2.45) is 0 Å². The van der Waals surface area contributed by atoms with Gasteiger partial charge in [-0.15, -0.1) is 6.58 Å². The molecular weight excluding hydrogens is 274 g/mol. The predicted molar refractivity (Wildman–Crippen MR) is 91.5 cm³/mol. The van der Waals surface area contributed by atoms with Crippen LogP contribution in [0.2, 0.25) is 0 Å². The van der Waals surface area contributed by atoms with Crippen molar-refractivity contribution < 1.29 is 4.79 Å². The van der Waals surface area contributed by atoms with Gasteiger partial charge in [0.05, 0.1) is 0 Å². The average molecular weight is 295 g/mol. The molecule has 1 N–H and O–H groups in total. The number of carbonyl (C=O) groups excluding carboxylic acids is 1. The van der Waals surface area contributed by atoms with Crippen LogP contribution >= 0.6 is 0 Å². The molecule has 1 aromatic heterocycles. The van der Waals surface area contributed by atoms with E-state index in [4.69, 9.17) is 0 Å². The molecule has 114 valence electrons. The molecule has 0 unspecified atom stereocenters. The molecule has 0 bridgehead atoms. The van der Waals surface area contributed by atoms with Crippen molar-refractivity contribution in [3.8, 4) is 0 Å². The van der Waals surface area contributed by atoms with Crippen molar-refractivity contribution in [3.63, 3.8) is 0 Å². The number of hydrogen-bond donors (Lipinski definition) is 1. The number of hydrogen-bond acceptors (Lipinski definition) is 3. The van der Waals surface area contributed by atoms with Crippen LogP contribution in [0.25, 0.3) is 0 Å². The summed E-state index contributed by atoms with van der Waals surface area (Å²) in [5.41, 5.74) is 3.30. The Hall–Kier alpha value is -2.62. The lowest BCUT2D eigenvalue weighted by molar-refractivity contribution is 0.0983. The van der Waals surface area contributed by atoms with Gasteiger partial charge in [0.25, 0.3) is 5.91 Å². The first-order chi connectivity index (χ1) is 10.7. The molecule has 2 rings (SSSR count). The van der Waals surface area contributed by atoms with E-state index in [2.05, 4.69) is 16.9 Å². The van der Waals surface area contributed by atoms with E-state index in [-0.39, 0.29) is 5.91 Å². The molecule has 0 atom stereocenters. The van der Waals surface area contributed by atoms with Crippen molar-refractivity contribution in [1.29, 1.82) is 0 Å². The van der Waals surface area contributed by atoms with Gasteiger partial charge in [-0.05, 0) is 43.7 Å². The molecule has 0 aliphatic heterocycles. The Balaban J connectivity index is 2.26. The van der Waals surface area contributed by atoms with Crippen LogP contribution in [0.15, 0.2) is 55.3 Å². The first-order valence-electron chi connectivity index (χ1n) is 7.35. The number of aromatic nitrogens is 1. The minimum Gasteiger partial charge on any atom is -0.381 e. The second-order valence-corrected chi connectivity index (χ2v) is 4.99. The molecule has 1 aromatic carbocycles. The number of nitrogens with zero attached hydrogens (tertiary/aromatic N) is 2. The second-order valence-electron chi connectivity index (χ2n) is 4.99. The highest BCUT2D eigenvalue weighted by molar-refractivity contribution is 6.05. The summed E-state index contributed by atoms with van der Waals surface area (Å²) in [6.07, 6.45) is 3.41. The lowest BCUT2D eigenvalue weighted by atomic mass is 10.2. The molecule has 0 saturated carbocycles. The lowest BCUT2D eigenvalue weighted by Gasteiger charge is -2.21. The normalized spacial score (nSPS) is 10.1. The summed E-state index contributed by atoms with van der Waals surface area (Å²) in [4.78, 5) is 18.7. The van der Waals surface area contributed by atoms with Gasteiger partial charge in [-0.25, -0.2) is 0 Å². The molecule has 4 heteroatoms. The van der Waals surface area contributed by atoms with Crippen molar-refractivity contribution in [2.75, 3.05) is 23.3 Å². The molecule has 0 radical (unpaired) electrons. The summed E-state index contributed by atoms with van der Waals surface area (Å²) in [5, 5.41) is 3.17. The summed E-state index contributed by atoms with van der Waals surface area (Å²) >= 11 is 0. The summed E-state index contributed by atoms with van der Waals surface area (Å²) in [7, 11) is 0.